The van der Waals surface area contributed by atoms with Crippen LogP contribution in [0.2, 0.25) is 0 Å². The van der Waals surface area contributed by atoms with Gasteiger partial charge in [0.25, 0.3) is 5.97 Å². The van der Waals surface area contributed by atoms with Crippen LogP contribution in [0.4, 0.5) is 0 Å². The van der Waals surface area contributed by atoms with E-state index in [2.05, 4.69) is 13.8 Å². The van der Waals surface area contributed by atoms with Gasteiger partial charge in [-0.3, -0.25) is 0 Å². The van der Waals surface area contributed by atoms with Crippen molar-refractivity contribution in [2.75, 3.05) is 0 Å². The molecular formula is C10H22O3. The molecule has 0 atom stereocenters. The third-order valence-corrected chi connectivity index (χ3v) is 2.00. The number of hydrogen-bond acceptors (Lipinski definition) is 3. The molecule has 0 aliphatic carbocycles. The van der Waals surface area contributed by atoms with Gasteiger partial charge in [0.15, 0.2) is 0 Å². The smallest absolute Gasteiger partial charge is 0.275 e. The second-order valence-corrected chi connectivity index (χ2v) is 3.99. The highest BCUT2D eigenvalue weighted by Crippen LogP contribution is 2.27. The summed E-state index contributed by atoms with van der Waals surface area (Å²) >= 11 is 0. The third-order valence-electron chi connectivity index (χ3n) is 2.00. The standard InChI is InChI=1S/C10H22O3/c1-5-7-9(3,8-6-2)13-10(4,11)12/h11-12H,5-8H2,1-4H3. The van der Waals surface area contributed by atoms with Crippen LogP contribution in [0.25, 0.3) is 0 Å². The van der Waals surface area contributed by atoms with E-state index in [4.69, 9.17) is 14.9 Å². The molecule has 0 fully saturated rings. The van der Waals surface area contributed by atoms with Gasteiger partial charge in [-0.1, -0.05) is 26.7 Å². The van der Waals surface area contributed by atoms with Crippen LogP contribution in [0, 0.1) is 0 Å². The van der Waals surface area contributed by atoms with Gasteiger partial charge in [-0.2, -0.15) is 0 Å². The monoisotopic (exact) mass is 190 g/mol. The van der Waals surface area contributed by atoms with E-state index in [1.54, 1.807) is 0 Å². The SMILES string of the molecule is CCCC(C)(CCC)OC(C)(O)O. The van der Waals surface area contributed by atoms with Gasteiger partial charge < -0.3 is 14.9 Å². The zero-order valence-electron chi connectivity index (χ0n) is 9.13. The third kappa shape index (κ3) is 6.02. The quantitative estimate of drug-likeness (QED) is 0.630. The van der Waals surface area contributed by atoms with E-state index in [-0.39, 0.29) is 0 Å². The molecule has 0 spiro atoms. The highest BCUT2D eigenvalue weighted by Gasteiger charge is 2.31. The van der Waals surface area contributed by atoms with Crippen LogP contribution in [-0.2, 0) is 4.74 Å². The Hall–Kier alpha value is -0.120. The average Bonchev–Trinajstić information content (AvgIpc) is 1.82. The fourth-order valence-electron chi connectivity index (χ4n) is 1.75. The molecule has 3 nitrogen and oxygen atoms in total. The summed E-state index contributed by atoms with van der Waals surface area (Å²) in [7, 11) is 0. The van der Waals surface area contributed by atoms with E-state index >= 15 is 0 Å². The van der Waals surface area contributed by atoms with E-state index in [1.165, 1.54) is 6.92 Å². The number of hydrogen-bond donors (Lipinski definition) is 2. The molecule has 80 valence electrons. The summed E-state index contributed by atoms with van der Waals surface area (Å²) in [6, 6.07) is 0. The zero-order chi connectivity index (χ0) is 10.5. The largest absolute Gasteiger partial charge is 0.344 e. The first-order valence-corrected chi connectivity index (χ1v) is 4.98. The lowest BCUT2D eigenvalue weighted by molar-refractivity contribution is -0.364. The van der Waals surface area contributed by atoms with Gasteiger partial charge in [0.2, 0.25) is 0 Å². The Morgan fingerprint density at radius 3 is 1.62 bits per heavy atom. The molecule has 0 aromatic rings. The highest BCUT2D eigenvalue weighted by atomic mass is 16.8. The van der Waals surface area contributed by atoms with Gasteiger partial charge in [-0.25, -0.2) is 0 Å². The molecule has 3 heteroatoms. The van der Waals surface area contributed by atoms with Gasteiger partial charge in [0, 0.05) is 6.92 Å². The lowest BCUT2D eigenvalue weighted by Crippen LogP contribution is -2.40. The first-order valence-electron chi connectivity index (χ1n) is 4.98. The zero-order valence-corrected chi connectivity index (χ0v) is 9.13. The Labute approximate surface area is 80.7 Å². The van der Waals surface area contributed by atoms with Crippen molar-refractivity contribution in [1.82, 2.24) is 0 Å². The predicted molar refractivity (Wildman–Crippen MR) is 52.1 cm³/mol. The molecule has 0 bridgehead atoms. The van der Waals surface area contributed by atoms with Crippen LogP contribution in [0.15, 0.2) is 0 Å². The highest BCUT2D eigenvalue weighted by molar-refractivity contribution is 4.75. The Morgan fingerprint density at radius 1 is 1.00 bits per heavy atom. The fourth-order valence-corrected chi connectivity index (χ4v) is 1.75. The fraction of sp³-hybridized carbons (Fsp3) is 1.00. The molecule has 0 amide bonds. The second-order valence-electron chi connectivity index (χ2n) is 3.99. The Balaban J connectivity index is 4.22. The van der Waals surface area contributed by atoms with Crippen molar-refractivity contribution in [1.29, 1.82) is 0 Å². The molecule has 0 aromatic heterocycles. The van der Waals surface area contributed by atoms with Crippen LogP contribution in [0.5, 0.6) is 0 Å². The van der Waals surface area contributed by atoms with Gasteiger partial charge in [0.1, 0.15) is 0 Å². The van der Waals surface area contributed by atoms with Crippen molar-refractivity contribution in [2.45, 2.75) is 65.0 Å². The Kier molecular flexibility index (Phi) is 4.89. The lowest BCUT2D eigenvalue weighted by Gasteiger charge is -2.34. The molecule has 0 rings (SSSR count). The van der Waals surface area contributed by atoms with Crippen molar-refractivity contribution >= 4 is 0 Å². The number of rotatable bonds is 6. The summed E-state index contributed by atoms with van der Waals surface area (Å²) in [6.45, 7) is 7.29. The minimum atomic E-state index is -2.01. The number of aliphatic hydroxyl groups is 2. The summed E-state index contributed by atoms with van der Waals surface area (Å²) in [5, 5.41) is 18.3. The molecule has 0 aliphatic heterocycles. The summed E-state index contributed by atoms with van der Waals surface area (Å²) in [5.41, 5.74) is -0.415. The van der Waals surface area contributed by atoms with Crippen LogP contribution >= 0.6 is 0 Å². The first kappa shape index (κ1) is 12.9. The second kappa shape index (κ2) is 4.94. The summed E-state index contributed by atoms with van der Waals surface area (Å²) in [4.78, 5) is 0. The molecule has 0 saturated carbocycles. The van der Waals surface area contributed by atoms with E-state index in [1.807, 2.05) is 6.92 Å². The Morgan fingerprint density at radius 2 is 1.38 bits per heavy atom. The van der Waals surface area contributed by atoms with Crippen molar-refractivity contribution in [3.8, 4) is 0 Å². The molecule has 0 heterocycles. The molecule has 0 aliphatic rings. The van der Waals surface area contributed by atoms with Crippen LogP contribution < -0.4 is 0 Å². The number of ether oxygens (including phenoxy) is 1. The first-order chi connectivity index (χ1) is 5.83. The molecule has 0 radical (unpaired) electrons. The lowest BCUT2D eigenvalue weighted by atomic mass is 9.95. The summed E-state index contributed by atoms with van der Waals surface area (Å²) in [6.07, 6.45) is 3.65. The van der Waals surface area contributed by atoms with E-state index in [9.17, 15) is 0 Å². The average molecular weight is 190 g/mol. The molecule has 2 N–H and O–H groups in total. The predicted octanol–water partition coefficient (Wildman–Crippen LogP) is 2.02. The van der Waals surface area contributed by atoms with Gasteiger partial charge in [0.05, 0.1) is 5.60 Å². The molecule has 0 saturated heterocycles. The van der Waals surface area contributed by atoms with E-state index in [0.29, 0.717) is 0 Å². The molecule has 0 aromatic carbocycles. The van der Waals surface area contributed by atoms with Crippen molar-refractivity contribution in [3.63, 3.8) is 0 Å². The summed E-state index contributed by atoms with van der Waals surface area (Å²) < 4.78 is 5.22. The van der Waals surface area contributed by atoms with Crippen molar-refractivity contribution < 1.29 is 14.9 Å². The molecule has 13 heavy (non-hydrogen) atoms. The van der Waals surface area contributed by atoms with Gasteiger partial charge in [-0.05, 0) is 19.8 Å². The normalized spacial score (nSPS) is 13.4. The Bertz CT molecular complexity index is 132. The van der Waals surface area contributed by atoms with Crippen LogP contribution in [0.1, 0.15) is 53.4 Å². The molecule has 0 unspecified atom stereocenters. The van der Waals surface area contributed by atoms with E-state index < -0.39 is 11.6 Å². The minimum Gasteiger partial charge on any atom is -0.344 e. The van der Waals surface area contributed by atoms with Gasteiger partial charge in [-0.15, -0.1) is 0 Å². The van der Waals surface area contributed by atoms with Crippen molar-refractivity contribution in [3.05, 3.63) is 0 Å². The van der Waals surface area contributed by atoms with Crippen molar-refractivity contribution in [2.24, 2.45) is 0 Å². The minimum absolute atomic E-state index is 0.415. The topological polar surface area (TPSA) is 49.7 Å². The maximum absolute atomic E-state index is 9.14. The summed E-state index contributed by atoms with van der Waals surface area (Å²) in [5.74, 6) is -2.01. The van der Waals surface area contributed by atoms with E-state index in [0.717, 1.165) is 25.7 Å². The molecular weight excluding hydrogens is 168 g/mol. The maximum atomic E-state index is 9.14. The van der Waals surface area contributed by atoms with Crippen LogP contribution in [-0.4, -0.2) is 21.8 Å². The van der Waals surface area contributed by atoms with Gasteiger partial charge >= 0.3 is 0 Å². The maximum Gasteiger partial charge on any atom is 0.275 e. The van der Waals surface area contributed by atoms with Crippen LogP contribution in [0.3, 0.4) is 0 Å².